The van der Waals surface area contributed by atoms with Gasteiger partial charge in [0.05, 0.1) is 17.3 Å². The maximum absolute atomic E-state index is 13.0. The van der Waals surface area contributed by atoms with E-state index in [1.165, 1.54) is 25.1 Å². The number of hydrogen-bond acceptors (Lipinski definition) is 4. The first-order valence-corrected chi connectivity index (χ1v) is 9.23. The SMILES string of the molecule is C[C@@H](OC(=O)/C=C/c1ccc2ccccc2n1)C(=O)N[C@H](C)c1ccc(F)cc1. The van der Waals surface area contributed by atoms with Crippen LogP contribution in [-0.4, -0.2) is 23.0 Å². The molecule has 3 aromatic rings. The molecule has 0 saturated carbocycles. The van der Waals surface area contributed by atoms with E-state index in [1.807, 2.05) is 30.3 Å². The third-order valence-electron chi connectivity index (χ3n) is 4.40. The van der Waals surface area contributed by atoms with E-state index in [2.05, 4.69) is 10.3 Å². The number of aromatic nitrogens is 1. The van der Waals surface area contributed by atoms with E-state index in [4.69, 9.17) is 4.74 Å². The van der Waals surface area contributed by atoms with Crippen LogP contribution in [0.25, 0.3) is 17.0 Å². The molecular formula is C23H21FN2O3. The number of halogens is 1. The van der Waals surface area contributed by atoms with Crippen LogP contribution in [0.2, 0.25) is 0 Å². The average Bonchev–Trinajstić information content (AvgIpc) is 2.72. The van der Waals surface area contributed by atoms with Gasteiger partial charge in [0.15, 0.2) is 6.10 Å². The third-order valence-corrected chi connectivity index (χ3v) is 4.40. The Balaban J connectivity index is 1.55. The molecule has 0 aliphatic carbocycles. The molecule has 3 rings (SSSR count). The molecular weight excluding hydrogens is 371 g/mol. The topological polar surface area (TPSA) is 68.3 Å². The molecule has 148 valence electrons. The first kappa shape index (κ1) is 20.2. The predicted molar refractivity (Wildman–Crippen MR) is 109 cm³/mol. The molecule has 2 aromatic carbocycles. The van der Waals surface area contributed by atoms with E-state index in [0.29, 0.717) is 5.69 Å². The number of carbonyl (C=O) groups is 2. The van der Waals surface area contributed by atoms with Crippen molar-refractivity contribution >= 4 is 28.9 Å². The van der Waals surface area contributed by atoms with Gasteiger partial charge in [-0.15, -0.1) is 0 Å². The highest BCUT2D eigenvalue weighted by atomic mass is 19.1. The van der Waals surface area contributed by atoms with Crippen molar-refractivity contribution in [2.24, 2.45) is 0 Å². The zero-order valence-electron chi connectivity index (χ0n) is 16.1. The van der Waals surface area contributed by atoms with E-state index >= 15 is 0 Å². The van der Waals surface area contributed by atoms with Gasteiger partial charge in [-0.1, -0.05) is 36.4 Å². The molecule has 0 fully saturated rings. The van der Waals surface area contributed by atoms with Crippen LogP contribution in [0, 0.1) is 5.82 Å². The minimum Gasteiger partial charge on any atom is -0.449 e. The van der Waals surface area contributed by atoms with Crippen molar-refractivity contribution in [1.82, 2.24) is 10.3 Å². The van der Waals surface area contributed by atoms with Crippen LogP contribution in [0.5, 0.6) is 0 Å². The van der Waals surface area contributed by atoms with Crippen LogP contribution in [-0.2, 0) is 14.3 Å². The Morgan fingerprint density at radius 1 is 1.03 bits per heavy atom. The lowest BCUT2D eigenvalue weighted by Gasteiger charge is -2.17. The summed E-state index contributed by atoms with van der Waals surface area (Å²) in [5.41, 5.74) is 2.19. The molecule has 1 N–H and O–H groups in total. The molecule has 5 nitrogen and oxygen atoms in total. The first-order chi connectivity index (χ1) is 13.9. The Bertz CT molecular complexity index is 1050. The van der Waals surface area contributed by atoms with Gasteiger partial charge >= 0.3 is 5.97 Å². The average molecular weight is 392 g/mol. The van der Waals surface area contributed by atoms with Crippen molar-refractivity contribution in [1.29, 1.82) is 0 Å². The van der Waals surface area contributed by atoms with Crippen molar-refractivity contribution < 1.29 is 18.7 Å². The summed E-state index contributed by atoms with van der Waals surface area (Å²) in [5, 5.41) is 3.75. The van der Waals surface area contributed by atoms with Crippen LogP contribution in [0.4, 0.5) is 4.39 Å². The molecule has 1 amide bonds. The highest BCUT2D eigenvalue weighted by molar-refractivity contribution is 5.90. The van der Waals surface area contributed by atoms with Gasteiger partial charge in [0.25, 0.3) is 5.91 Å². The summed E-state index contributed by atoms with van der Waals surface area (Å²) in [5.74, 6) is -1.42. The second kappa shape index (κ2) is 9.10. The Hall–Kier alpha value is -3.54. The highest BCUT2D eigenvalue weighted by Gasteiger charge is 2.19. The van der Waals surface area contributed by atoms with Gasteiger partial charge in [-0.05, 0) is 49.8 Å². The van der Waals surface area contributed by atoms with Gasteiger partial charge in [-0.2, -0.15) is 0 Å². The summed E-state index contributed by atoms with van der Waals surface area (Å²) in [4.78, 5) is 28.7. The molecule has 2 atom stereocenters. The Morgan fingerprint density at radius 2 is 1.76 bits per heavy atom. The zero-order valence-corrected chi connectivity index (χ0v) is 16.1. The van der Waals surface area contributed by atoms with Crippen LogP contribution >= 0.6 is 0 Å². The van der Waals surface area contributed by atoms with Crippen molar-refractivity contribution in [3.05, 3.63) is 83.8 Å². The zero-order chi connectivity index (χ0) is 20.8. The number of ether oxygens (including phenoxy) is 1. The summed E-state index contributed by atoms with van der Waals surface area (Å²) in [6.45, 7) is 3.26. The first-order valence-electron chi connectivity index (χ1n) is 9.23. The molecule has 0 unspecified atom stereocenters. The monoisotopic (exact) mass is 392 g/mol. The lowest BCUT2D eigenvalue weighted by atomic mass is 10.1. The number of benzene rings is 2. The summed E-state index contributed by atoms with van der Waals surface area (Å²) >= 11 is 0. The fourth-order valence-corrected chi connectivity index (χ4v) is 2.76. The van der Waals surface area contributed by atoms with Gasteiger partial charge in [0.2, 0.25) is 0 Å². The number of nitrogens with one attached hydrogen (secondary N) is 1. The summed E-state index contributed by atoms with van der Waals surface area (Å²) in [6, 6.07) is 16.9. The predicted octanol–water partition coefficient (Wildman–Crippen LogP) is 4.20. The van der Waals surface area contributed by atoms with Gasteiger partial charge in [0.1, 0.15) is 5.82 Å². The number of rotatable bonds is 6. The second-order valence-corrected chi connectivity index (χ2v) is 6.62. The van der Waals surface area contributed by atoms with Gasteiger partial charge in [-0.25, -0.2) is 14.2 Å². The lowest BCUT2D eigenvalue weighted by Crippen LogP contribution is -2.37. The van der Waals surface area contributed by atoms with Gasteiger partial charge in [-0.3, -0.25) is 4.79 Å². The van der Waals surface area contributed by atoms with E-state index in [0.717, 1.165) is 16.5 Å². The minimum absolute atomic E-state index is 0.345. The van der Waals surface area contributed by atoms with Crippen molar-refractivity contribution in [2.45, 2.75) is 26.0 Å². The quantitative estimate of drug-likeness (QED) is 0.504. The van der Waals surface area contributed by atoms with Gasteiger partial charge in [0, 0.05) is 11.5 Å². The number of hydrogen-bond donors (Lipinski definition) is 1. The molecule has 0 spiro atoms. The number of esters is 1. The maximum atomic E-state index is 13.0. The second-order valence-electron chi connectivity index (χ2n) is 6.62. The fraction of sp³-hybridized carbons (Fsp3) is 0.174. The molecule has 0 aliphatic heterocycles. The van der Waals surface area contributed by atoms with Crippen LogP contribution in [0.15, 0.2) is 66.7 Å². The van der Waals surface area contributed by atoms with Gasteiger partial charge < -0.3 is 10.1 Å². The van der Waals surface area contributed by atoms with Crippen LogP contribution in [0.1, 0.15) is 31.1 Å². The molecule has 0 radical (unpaired) electrons. The smallest absolute Gasteiger partial charge is 0.331 e. The largest absolute Gasteiger partial charge is 0.449 e. The van der Waals surface area contributed by atoms with Crippen molar-refractivity contribution in [3.63, 3.8) is 0 Å². The van der Waals surface area contributed by atoms with E-state index in [1.54, 1.807) is 31.2 Å². The number of fused-ring (bicyclic) bond motifs is 1. The fourth-order valence-electron chi connectivity index (χ4n) is 2.76. The molecule has 0 saturated heterocycles. The molecule has 1 heterocycles. The van der Waals surface area contributed by atoms with Crippen molar-refractivity contribution in [3.8, 4) is 0 Å². The van der Waals surface area contributed by atoms with E-state index in [9.17, 15) is 14.0 Å². The number of pyridine rings is 1. The molecule has 0 aliphatic rings. The molecule has 0 bridgehead atoms. The maximum Gasteiger partial charge on any atom is 0.331 e. The number of nitrogens with zero attached hydrogens (tertiary/aromatic N) is 1. The number of carbonyl (C=O) groups excluding carboxylic acids is 2. The highest BCUT2D eigenvalue weighted by Crippen LogP contribution is 2.14. The normalized spacial score (nSPS) is 13.2. The van der Waals surface area contributed by atoms with Crippen LogP contribution < -0.4 is 5.32 Å². The molecule has 1 aromatic heterocycles. The van der Waals surface area contributed by atoms with E-state index < -0.39 is 18.0 Å². The molecule has 29 heavy (non-hydrogen) atoms. The Kier molecular flexibility index (Phi) is 6.34. The number of amides is 1. The van der Waals surface area contributed by atoms with E-state index in [-0.39, 0.29) is 11.9 Å². The minimum atomic E-state index is -0.973. The third kappa shape index (κ3) is 5.48. The Labute approximate surface area is 168 Å². The number of para-hydroxylation sites is 1. The standard InChI is InChI=1S/C23H21FN2O3/c1-15(17-7-10-19(24)11-8-17)25-23(28)16(2)29-22(27)14-13-20-12-9-18-5-3-4-6-21(18)26-20/h3-16H,1-2H3,(H,25,28)/b14-13+/t15-,16-/m1/s1. The summed E-state index contributed by atoms with van der Waals surface area (Å²) < 4.78 is 18.2. The summed E-state index contributed by atoms with van der Waals surface area (Å²) in [6.07, 6.45) is 1.81. The summed E-state index contributed by atoms with van der Waals surface area (Å²) in [7, 11) is 0. The van der Waals surface area contributed by atoms with Crippen LogP contribution in [0.3, 0.4) is 0 Å². The molecule has 6 heteroatoms. The lowest BCUT2D eigenvalue weighted by molar-refractivity contribution is -0.150. The Morgan fingerprint density at radius 3 is 2.52 bits per heavy atom. The van der Waals surface area contributed by atoms with Crippen molar-refractivity contribution in [2.75, 3.05) is 0 Å².